The van der Waals surface area contributed by atoms with Crippen LogP contribution in [-0.4, -0.2) is 24.2 Å². The summed E-state index contributed by atoms with van der Waals surface area (Å²) >= 11 is 0. The standard InChI is InChI=1S/C16H20N2O2/c1-12(19)15-9-8-14(10-17-15)18(2)11-13-6-4-5-7-16(13)20-3/h4-10,12,19H,11H2,1-3H3/t12-/m0/s1. The van der Waals surface area contributed by atoms with Gasteiger partial charge in [0.15, 0.2) is 0 Å². The van der Waals surface area contributed by atoms with Crippen molar-refractivity contribution in [3.63, 3.8) is 0 Å². The molecule has 1 atom stereocenters. The first kappa shape index (κ1) is 14.3. The molecule has 1 aromatic heterocycles. The fraction of sp³-hybridized carbons (Fsp3) is 0.312. The van der Waals surface area contributed by atoms with Crippen LogP contribution in [0.2, 0.25) is 0 Å². The Morgan fingerprint density at radius 1 is 1.25 bits per heavy atom. The second kappa shape index (κ2) is 6.39. The zero-order chi connectivity index (χ0) is 14.5. The molecule has 0 aliphatic heterocycles. The molecule has 0 amide bonds. The lowest BCUT2D eigenvalue weighted by Gasteiger charge is -2.20. The van der Waals surface area contributed by atoms with Crippen molar-refractivity contribution in [3.8, 4) is 5.75 Å². The number of aliphatic hydroxyl groups excluding tert-OH is 1. The number of aromatic nitrogens is 1. The Bertz CT molecular complexity index is 553. The van der Waals surface area contributed by atoms with Crippen LogP contribution in [0.1, 0.15) is 24.3 Å². The number of hydrogen-bond donors (Lipinski definition) is 1. The highest BCUT2D eigenvalue weighted by Gasteiger charge is 2.08. The van der Waals surface area contributed by atoms with E-state index in [1.165, 1.54) is 0 Å². The van der Waals surface area contributed by atoms with Crippen molar-refractivity contribution in [2.75, 3.05) is 19.1 Å². The minimum atomic E-state index is -0.538. The Labute approximate surface area is 119 Å². The molecule has 0 aliphatic rings. The van der Waals surface area contributed by atoms with Crippen molar-refractivity contribution in [2.24, 2.45) is 0 Å². The van der Waals surface area contributed by atoms with Gasteiger partial charge in [-0.2, -0.15) is 0 Å². The average molecular weight is 272 g/mol. The Hall–Kier alpha value is -2.07. The van der Waals surface area contributed by atoms with E-state index in [0.717, 1.165) is 23.5 Å². The number of para-hydroxylation sites is 1. The first-order chi connectivity index (χ1) is 9.61. The second-order valence-electron chi connectivity index (χ2n) is 4.79. The largest absolute Gasteiger partial charge is 0.496 e. The molecule has 0 saturated carbocycles. The molecule has 0 unspecified atom stereocenters. The Morgan fingerprint density at radius 2 is 2.00 bits per heavy atom. The molecule has 4 heteroatoms. The summed E-state index contributed by atoms with van der Waals surface area (Å²) in [6, 6.07) is 11.8. The minimum Gasteiger partial charge on any atom is -0.496 e. The zero-order valence-corrected chi connectivity index (χ0v) is 12.1. The number of ether oxygens (including phenoxy) is 1. The summed E-state index contributed by atoms with van der Waals surface area (Å²) in [5.74, 6) is 0.882. The summed E-state index contributed by atoms with van der Waals surface area (Å²) in [4.78, 5) is 6.35. The van der Waals surface area contributed by atoms with Gasteiger partial charge in [-0.3, -0.25) is 4.98 Å². The minimum absolute atomic E-state index is 0.538. The van der Waals surface area contributed by atoms with Gasteiger partial charge in [-0.15, -0.1) is 0 Å². The molecule has 0 bridgehead atoms. The third-order valence-corrected chi connectivity index (χ3v) is 3.24. The molecule has 106 valence electrons. The molecule has 1 N–H and O–H groups in total. The highest BCUT2D eigenvalue weighted by Crippen LogP contribution is 2.22. The smallest absolute Gasteiger partial charge is 0.123 e. The third-order valence-electron chi connectivity index (χ3n) is 3.24. The lowest BCUT2D eigenvalue weighted by Crippen LogP contribution is -2.17. The molecule has 1 heterocycles. The number of anilines is 1. The van der Waals surface area contributed by atoms with Crippen molar-refractivity contribution in [2.45, 2.75) is 19.6 Å². The first-order valence-electron chi connectivity index (χ1n) is 6.59. The van der Waals surface area contributed by atoms with E-state index in [0.29, 0.717) is 5.69 Å². The van der Waals surface area contributed by atoms with Crippen LogP contribution in [0, 0.1) is 0 Å². The van der Waals surface area contributed by atoms with Crippen molar-refractivity contribution in [1.82, 2.24) is 4.98 Å². The molecule has 1 aromatic carbocycles. The quantitative estimate of drug-likeness (QED) is 0.909. The molecule has 0 spiro atoms. The number of pyridine rings is 1. The second-order valence-corrected chi connectivity index (χ2v) is 4.79. The van der Waals surface area contributed by atoms with E-state index in [1.54, 1.807) is 20.2 Å². The van der Waals surface area contributed by atoms with E-state index >= 15 is 0 Å². The van der Waals surface area contributed by atoms with Gasteiger partial charge in [0.1, 0.15) is 5.75 Å². The fourth-order valence-electron chi connectivity index (χ4n) is 2.05. The van der Waals surface area contributed by atoms with E-state index in [9.17, 15) is 5.11 Å². The zero-order valence-electron chi connectivity index (χ0n) is 12.1. The van der Waals surface area contributed by atoms with Crippen LogP contribution in [0.15, 0.2) is 42.6 Å². The van der Waals surface area contributed by atoms with Gasteiger partial charge in [0, 0.05) is 19.2 Å². The lowest BCUT2D eigenvalue weighted by molar-refractivity contribution is 0.194. The fourth-order valence-corrected chi connectivity index (χ4v) is 2.05. The number of aliphatic hydroxyl groups is 1. The highest BCUT2D eigenvalue weighted by atomic mass is 16.5. The third kappa shape index (κ3) is 3.27. The van der Waals surface area contributed by atoms with E-state index in [2.05, 4.69) is 9.88 Å². The first-order valence-corrected chi connectivity index (χ1v) is 6.59. The van der Waals surface area contributed by atoms with Gasteiger partial charge >= 0.3 is 0 Å². The van der Waals surface area contributed by atoms with E-state index in [-0.39, 0.29) is 0 Å². The molecular formula is C16H20N2O2. The number of methoxy groups -OCH3 is 1. The van der Waals surface area contributed by atoms with Gasteiger partial charge in [0.2, 0.25) is 0 Å². The molecule has 0 fully saturated rings. The van der Waals surface area contributed by atoms with Crippen molar-refractivity contribution in [3.05, 3.63) is 53.9 Å². The summed E-state index contributed by atoms with van der Waals surface area (Å²) in [6.07, 6.45) is 1.24. The number of hydrogen-bond acceptors (Lipinski definition) is 4. The molecule has 0 saturated heterocycles. The van der Waals surface area contributed by atoms with Crippen molar-refractivity contribution >= 4 is 5.69 Å². The monoisotopic (exact) mass is 272 g/mol. The maximum Gasteiger partial charge on any atom is 0.123 e. The molecule has 0 aliphatic carbocycles. The van der Waals surface area contributed by atoms with Crippen molar-refractivity contribution < 1.29 is 9.84 Å². The SMILES string of the molecule is COc1ccccc1CN(C)c1ccc([C@H](C)O)nc1. The van der Waals surface area contributed by atoms with Gasteiger partial charge in [-0.1, -0.05) is 18.2 Å². The summed E-state index contributed by atoms with van der Waals surface area (Å²) in [6.45, 7) is 2.44. The normalized spacial score (nSPS) is 12.0. The highest BCUT2D eigenvalue weighted by molar-refractivity contribution is 5.46. The van der Waals surface area contributed by atoms with E-state index < -0.39 is 6.10 Å². The summed E-state index contributed by atoms with van der Waals surface area (Å²) in [7, 11) is 3.68. The predicted molar refractivity (Wildman–Crippen MR) is 80.0 cm³/mol. The van der Waals surface area contributed by atoms with Gasteiger partial charge in [-0.05, 0) is 25.1 Å². The van der Waals surface area contributed by atoms with Crippen molar-refractivity contribution in [1.29, 1.82) is 0 Å². The topological polar surface area (TPSA) is 45.6 Å². The maximum atomic E-state index is 9.46. The predicted octanol–water partition coefficient (Wildman–Crippen LogP) is 2.78. The number of nitrogens with zero attached hydrogens (tertiary/aromatic N) is 2. The summed E-state index contributed by atoms with van der Waals surface area (Å²) < 4.78 is 5.36. The molecular weight excluding hydrogens is 252 g/mol. The van der Waals surface area contributed by atoms with E-state index in [4.69, 9.17) is 4.74 Å². The average Bonchev–Trinajstić information content (AvgIpc) is 2.48. The molecule has 20 heavy (non-hydrogen) atoms. The summed E-state index contributed by atoms with van der Waals surface area (Å²) in [5, 5.41) is 9.46. The van der Waals surface area contributed by atoms with Crippen LogP contribution in [-0.2, 0) is 6.54 Å². The van der Waals surface area contributed by atoms with Gasteiger partial charge < -0.3 is 14.7 Å². The van der Waals surface area contributed by atoms with Crippen LogP contribution >= 0.6 is 0 Å². The van der Waals surface area contributed by atoms with Gasteiger partial charge in [0.05, 0.1) is 30.8 Å². The number of benzene rings is 1. The Balaban J connectivity index is 2.13. The Kier molecular flexibility index (Phi) is 4.58. The van der Waals surface area contributed by atoms with E-state index in [1.807, 2.05) is 43.4 Å². The van der Waals surface area contributed by atoms with Gasteiger partial charge in [0.25, 0.3) is 0 Å². The molecule has 4 nitrogen and oxygen atoms in total. The van der Waals surface area contributed by atoms with Crippen LogP contribution < -0.4 is 9.64 Å². The van der Waals surface area contributed by atoms with Gasteiger partial charge in [-0.25, -0.2) is 0 Å². The van der Waals surface area contributed by atoms with Crippen LogP contribution in [0.4, 0.5) is 5.69 Å². The molecule has 2 rings (SSSR count). The van der Waals surface area contributed by atoms with Crippen LogP contribution in [0.25, 0.3) is 0 Å². The Morgan fingerprint density at radius 3 is 2.60 bits per heavy atom. The summed E-state index contributed by atoms with van der Waals surface area (Å²) in [5.41, 5.74) is 2.80. The lowest BCUT2D eigenvalue weighted by atomic mass is 10.2. The number of rotatable bonds is 5. The van der Waals surface area contributed by atoms with Crippen LogP contribution in [0.5, 0.6) is 5.75 Å². The maximum absolute atomic E-state index is 9.46. The molecule has 2 aromatic rings. The molecule has 0 radical (unpaired) electrons. The van der Waals surface area contributed by atoms with Crippen LogP contribution in [0.3, 0.4) is 0 Å².